The Kier molecular flexibility index (Phi) is 4.38. The molecule has 1 aliphatic heterocycles. The summed E-state index contributed by atoms with van der Waals surface area (Å²) in [6.07, 6.45) is 5.92. The molecule has 0 radical (unpaired) electrons. The van der Waals surface area contributed by atoms with Crippen LogP contribution in [0.2, 0.25) is 5.15 Å². The Morgan fingerprint density at radius 2 is 2.39 bits per heavy atom. The summed E-state index contributed by atoms with van der Waals surface area (Å²) in [5, 5.41) is 12.4. The Labute approximate surface area is 110 Å². The van der Waals surface area contributed by atoms with E-state index in [2.05, 4.69) is 4.98 Å². The molecule has 0 amide bonds. The zero-order valence-corrected chi connectivity index (χ0v) is 10.5. The van der Waals surface area contributed by atoms with Gasteiger partial charge in [-0.2, -0.15) is 5.12 Å². The Morgan fingerprint density at radius 3 is 3.06 bits per heavy atom. The van der Waals surface area contributed by atoms with E-state index < -0.39 is 0 Å². The number of nitrogens with two attached hydrogens (primary N) is 1. The lowest BCUT2D eigenvalue weighted by molar-refractivity contribution is 0.232. The highest BCUT2D eigenvalue weighted by molar-refractivity contribution is 6.29. The van der Waals surface area contributed by atoms with Crippen LogP contribution in [0.15, 0.2) is 24.5 Å². The molecule has 0 atom stereocenters. The highest BCUT2D eigenvalue weighted by atomic mass is 35.5. The van der Waals surface area contributed by atoms with Crippen LogP contribution in [0, 0.1) is 0 Å². The molecule has 0 aliphatic carbocycles. The Balaban J connectivity index is 2.20. The smallest absolute Gasteiger partial charge is 0.149 e. The zero-order chi connectivity index (χ0) is 13.0. The Hall–Kier alpha value is -1.34. The molecule has 0 aromatic carbocycles. The number of nitrogens with zero attached hydrogens (tertiary/aromatic N) is 3. The normalized spacial score (nSPS) is 15.4. The number of hydrogen-bond acceptors (Lipinski definition) is 6. The molecule has 0 saturated heterocycles. The van der Waals surface area contributed by atoms with Crippen LogP contribution >= 0.6 is 11.6 Å². The predicted molar refractivity (Wildman–Crippen MR) is 69.0 cm³/mol. The molecule has 2 heterocycles. The average molecular weight is 271 g/mol. The molecule has 6 nitrogen and oxygen atoms in total. The lowest BCUT2D eigenvalue weighted by Crippen LogP contribution is -2.41. The summed E-state index contributed by atoms with van der Waals surface area (Å²) in [7, 11) is 0. The molecule has 2 rings (SSSR count). The van der Waals surface area contributed by atoms with Crippen LogP contribution in [0.3, 0.4) is 0 Å². The summed E-state index contributed by atoms with van der Waals surface area (Å²) in [4.78, 5) is 4.03. The number of rotatable bonds is 5. The second-order valence-corrected chi connectivity index (χ2v) is 4.14. The standard InChI is InChI=1S/C11H15ClN4O2/c12-11-7-10(18-6-2-5-17)9(8-14-11)15-3-1-4-16(15)13/h1,3,7-8,17H,2,4-6,13H2. The fourth-order valence-electron chi connectivity index (χ4n) is 1.59. The van der Waals surface area contributed by atoms with Crippen molar-refractivity contribution in [1.29, 1.82) is 0 Å². The summed E-state index contributed by atoms with van der Waals surface area (Å²) in [5.41, 5.74) is 0.716. The van der Waals surface area contributed by atoms with Crippen molar-refractivity contribution < 1.29 is 9.84 Å². The van der Waals surface area contributed by atoms with E-state index in [0.717, 1.165) is 0 Å². The van der Waals surface area contributed by atoms with Gasteiger partial charge in [-0.25, -0.2) is 10.8 Å². The van der Waals surface area contributed by atoms with E-state index >= 15 is 0 Å². The molecule has 0 bridgehead atoms. The van der Waals surface area contributed by atoms with Gasteiger partial charge in [0.2, 0.25) is 0 Å². The van der Waals surface area contributed by atoms with Crippen molar-refractivity contribution in [2.45, 2.75) is 6.42 Å². The van der Waals surface area contributed by atoms with Crippen molar-refractivity contribution >= 4 is 17.3 Å². The van der Waals surface area contributed by atoms with Crippen LogP contribution in [0.5, 0.6) is 5.75 Å². The van der Waals surface area contributed by atoms with Gasteiger partial charge in [-0.3, -0.25) is 5.01 Å². The lowest BCUT2D eigenvalue weighted by atomic mass is 10.3. The number of halogens is 1. The molecule has 18 heavy (non-hydrogen) atoms. The van der Waals surface area contributed by atoms with E-state index in [1.807, 2.05) is 12.3 Å². The van der Waals surface area contributed by atoms with Gasteiger partial charge in [0, 0.05) is 25.3 Å². The van der Waals surface area contributed by atoms with Crippen LogP contribution in [0.1, 0.15) is 6.42 Å². The highest BCUT2D eigenvalue weighted by Gasteiger charge is 2.19. The van der Waals surface area contributed by atoms with E-state index in [1.54, 1.807) is 17.3 Å². The maximum atomic E-state index is 8.75. The van der Waals surface area contributed by atoms with Crippen LogP contribution in [-0.2, 0) is 0 Å². The molecule has 0 spiro atoms. The first-order valence-corrected chi connectivity index (χ1v) is 5.97. The molecule has 1 aromatic rings. The minimum Gasteiger partial charge on any atom is -0.491 e. The molecule has 3 N–H and O–H groups in total. The maximum Gasteiger partial charge on any atom is 0.149 e. The summed E-state index contributed by atoms with van der Waals surface area (Å²) in [6.45, 7) is 1.12. The van der Waals surface area contributed by atoms with Gasteiger partial charge in [0.1, 0.15) is 16.6 Å². The van der Waals surface area contributed by atoms with E-state index in [9.17, 15) is 0 Å². The van der Waals surface area contributed by atoms with Gasteiger partial charge in [-0.1, -0.05) is 11.6 Å². The summed E-state index contributed by atoms with van der Waals surface area (Å²) in [6, 6.07) is 1.63. The molecule has 1 aliphatic rings. The fraction of sp³-hybridized carbons (Fsp3) is 0.364. The second-order valence-electron chi connectivity index (χ2n) is 3.75. The highest BCUT2D eigenvalue weighted by Crippen LogP contribution is 2.31. The first kappa shape index (κ1) is 13.1. The number of hydrazine groups is 2. The summed E-state index contributed by atoms with van der Waals surface area (Å²) in [5.74, 6) is 6.40. The number of ether oxygens (including phenoxy) is 1. The van der Waals surface area contributed by atoms with Gasteiger partial charge < -0.3 is 9.84 Å². The van der Waals surface area contributed by atoms with Crippen molar-refractivity contribution in [3.8, 4) is 5.75 Å². The van der Waals surface area contributed by atoms with E-state index in [4.69, 9.17) is 27.3 Å². The third kappa shape index (κ3) is 2.91. The third-order valence-corrected chi connectivity index (χ3v) is 2.64. The molecule has 7 heteroatoms. The number of aliphatic hydroxyl groups is 1. The quantitative estimate of drug-likeness (QED) is 0.471. The minimum absolute atomic E-state index is 0.0841. The molecule has 1 aromatic heterocycles. The Bertz CT molecular complexity index is 441. The van der Waals surface area contributed by atoms with Crippen molar-refractivity contribution in [2.24, 2.45) is 5.84 Å². The van der Waals surface area contributed by atoms with Crippen molar-refractivity contribution in [3.05, 3.63) is 29.7 Å². The van der Waals surface area contributed by atoms with Gasteiger partial charge in [-0.15, -0.1) is 0 Å². The van der Waals surface area contributed by atoms with Gasteiger partial charge >= 0.3 is 0 Å². The number of anilines is 1. The monoisotopic (exact) mass is 270 g/mol. The van der Waals surface area contributed by atoms with E-state index in [1.165, 1.54) is 5.12 Å². The summed E-state index contributed by atoms with van der Waals surface area (Å²) >= 11 is 5.85. The molecule has 98 valence electrons. The molecule has 0 unspecified atom stereocenters. The van der Waals surface area contributed by atoms with Gasteiger partial charge in [0.25, 0.3) is 0 Å². The van der Waals surface area contributed by atoms with E-state index in [0.29, 0.717) is 36.2 Å². The van der Waals surface area contributed by atoms with Crippen molar-refractivity contribution in [2.75, 3.05) is 24.8 Å². The molecule has 0 saturated carbocycles. The summed E-state index contributed by atoms with van der Waals surface area (Å²) < 4.78 is 5.58. The van der Waals surface area contributed by atoms with Crippen LogP contribution in [0.4, 0.5) is 5.69 Å². The number of aliphatic hydroxyl groups excluding tert-OH is 1. The second kappa shape index (κ2) is 6.01. The molecule has 0 fully saturated rings. The van der Waals surface area contributed by atoms with Crippen LogP contribution in [0.25, 0.3) is 0 Å². The van der Waals surface area contributed by atoms with Crippen LogP contribution < -0.4 is 15.6 Å². The van der Waals surface area contributed by atoms with Crippen molar-refractivity contribution in [1.82, 2.24) is 10.1 Å². The van der Waals surface area contributed by atoms with Gasteiger partial charge in [-0.05, 0) is 6.08 Å². The minimum atomic E-state index is 0.0841. The number of hydrogen-bond donors (Lipinski definition) is 2. The first-order chi connectivity index (χ1) is 8.72. The topological polar surface area (TPSA) is 74.9 Å². The van der Waals surface area contributed by atoms with Crippen molar-refractivity contribution in [3.63, 3.8) is 0 Å². The van der Waals surface area contributed by atoms with Crippen LogP contribution in [-0.4, -0.2) is 35.0 Å². The van der Waals surface area contributed by atoms with Gasteiger partial charge in [0.15, 0.2) is 0 Å². The average Bonchev–Trinajstić information content (AvgIpc) is 2.76. The fourth-order valence-corrected chi connectivity index (χ4v) is 1.74. The van der Waals surface area contributed by atoms with Gasteiger partial charge in [0.05, 0.1) is 19.3 Å². The maximum absolute atomic E-state index is 8.75. The largest absolute Gasteiger partial charge is 0.491 e. The number of aromatic nitrogens is 1. The first-order valence-electron chi connectivity index (χ1n) is 5.59. The lowest BCUT2D eigenvalue weighted by Gasteiger charge is -2.26. The SMILES string of the molecule is NN1CC=CN1c1cnc(Cl)cc1OCCCO. The molecular formula is C11H15ClN4O2. The predicted octanol–water partition coefficient (Wildman–Crippen LogP) is 0.921. The number of pyridine rings is 1. The molecular weight excluding hydrogens is 256 g/mol. The van der Waals surface area contributed by atoms with E-state index in [-0.39, 0.29) is 6.61 Å². The third-order valence-electron chi connectivity index (χ3n) is 2.44. The zero-order valence-electron chi connectivity index (χ0n) is 9.79. The Morgan fingerprint density at radius 1 is 1.56 bits per heavy atom.